The summed E-state index contributed by atoms with van der Waals surface area (Å²) < 4.78 is 4.70. The third kappa shape index (κ3) is 1.27. The molecule has 1 aromatic rings. The van der Waals surface area contributed by atoms with Gasteiger partial charge in [0.05, 0.1) is 5.56 Å². The van der Waals surface area contributed by atoms with Crippen molar-refractivity contribution in [2.24, 2.45) is 0 Å². The molecular weight excluding hydrogens is 142 g/mol. The summed E-state index contributed by atoms with van der Waals surface area (Å²) in [6, 6.07) is 0. The number of nitrogens with one attached hydrogen (secondary N) is 1. The first kappa shape index (κ1) is 7.85. The van der Waals surface area contributed by atoms with Crippen molar-refractivity contribution in [2.45, 2.75) is 20.5 Å². The van der Waals surface area contributed by atoms with Crippen molar-refractivity contribution < 1.29 is 9.53 Å². The zero-order valence-electron chi connectivity index (χ0n) is 6.68. The number of esters is 1. The van der Waals surface area contributed by atoms with Gasteiger partial charge in [-0.05, 0) is 0 Å². The fraction of sp³-hybridized carbons (Fsp3) is 0.375. The average Bonchev–Trinajstić information content (AvgIpc) is 2.60. The first-order valence-corrected chi connectivity index (χ1v) is 3.71. The van der Waals surface area contributed by atoms with Crippen molar-refractivity contribution in [3.63, 3.8) is 0 Å². The number of aromatic amines is 1. The fourth-order valence-electron chi connectivity index (χ4n) is 0.927. The molecule has 0 radical (unpaired) electrons. The van der Waals surface area contributed by atoms with Gasteiger partial charge in [0.15, 0.2) is 0 Å². The largest absolute Gasteiger partial charge is 0.457 e. The van der Waals surface area contributed by atoms with Crippen molar-refractivity contribution in [3.05, 3.63) is 23.5 Å². The second kappa shape index (κ2) is 3.23. The number of carbonyl (C=O) groups excluding carboxylic acids is 1. The maximum Gasteiger partial charge on any atom is 0.340 e. The zero-order valence-corrected chi connectivity index (χ0v) is 6.68. The number of ether oxygens (including phenoxy) is 1. The molecule has 0 atom stereocenters. The van der Waals surface area contributed by atoms with Gasteiger partial charge in [-0.25, -0.2) is 4.79 Å². The van der Waals surface area contributed by atoms with E-state index in [1.54, 1.807) is 12.4 Å². The van der Waals surface area contributed by atoms with Crippen molar-refractivity contribution >= 4 is 5.97 Å². The molecule has 2 rings (SSSR count). The van der Waals surface area contributed by atoms with Crippen LogP contribution in [0.5, 0.6) is 0 Å². The molecule has 0 spiro atoms. The van der Waals surface area contributed by atoms with Crippen LogP contribution in [-0.2, 0) is 11.3 Å². The Morgan fingerprint density at radius 1 is 1.45 bits per heavy atom. The molecule has 0 bridgehead atoms. The number of fused-ring (bicyclic) bond motifs is 1. The van der Waals surface area contributed by atoms with Gasteiger partial charge in [-0.1, -0.05) is 13.8 Å². The summed E-state index contributed by atoms with van der Waals surface area (Å²) in [7, 11) is 0. The standard InChI is InChI=1S/C6H5NO2.C2H6/c8-6-5-2-7-1-4(5)3-9-6;1-2/h1-2,7H,3H2;1-2H3. The molecule has 0 aromatic carbocycles. The first-order chi connectivity index (χ1) is 5.38. The number of carbonyl (C=O) groups is 1. The molecular formula is C8H11NO2. The summed E-state index contributed by atoms with van der Waals surface area (Å²) >= 11 is 0. The quantitative estimate of drug-likeness (QED) is 0.576. The van der Waals surface area contributed by atoms with E-state index in [0.717, 1.165) is 5.56 Å². The Kier molecular flexibility index (Phi) is 2.31. The highest BCUT2D eigenvalue weighted by atomic mass is 16.5. The van der Waals surface area contributed by atoms with Gasteiger partial charge < -0.3 is 9.72 Å². The molecule has 0 unspecified atom stereocenters. The highest BCUT2D eigenvalue weighted by Crippen LogP contribution is 2.17. The monoisotopic (exact) mass is 153 g/mol. The first-order valence-electron chi connectivity index (χ1n) is 3.71. The van der Waals surface area contributed by atoms with E-state index in [1.165, 1.54) is 0 Å². The lowest BCUT2D eigenvalue weighted by Gasteiger charge is -1.85. The number of aromatic nitrogens is 1. The summed E-state index contributed by atoms with van der Waals surface area (Å²) in [6.45, 7) is 4.43. The summed E-state index contributed by atoms with van der Waals surface area (Å²) in [5, 5.41) is 0. The van der Waals surface area contributed by atoms with E-state index in [9.17, 15) is 4.79 Å². The fourth-order valence-corrected chi connectivity index (χ4v) is 0.927. The maximum atomic E-state index is 10.7. The van der Waals surface area contributed by atoms with E-state index in [4.69, 9.17) is 4.74 Å². The summed E-state index contributed by atoms with van der Waals surface area (Å²) in [6.07, 6.45) is 3.44. The van der Waals surface area contributed by atoms with E-state index in [1.807, 2.05) is 13.8 Å². The smallest absolute Gasteiger partial charge is 0.340 e. The van der Waals surface area contributed by atoms with Gasteiger partial charge in [0.25, 0.3) is 0 Å². The molecule has 0 aliphatic carbocycles. The van der Waals surface area contributed by atoms with Gasteiger partial charge >= 0.3 is 5.97 Å². The van der Waals surface area contributed by atoms with Crippen LogP contribution in [0.2, 0.25) is 0 Å². The molecule has 11 heavy (non-hydrogen) atoms. The molecule has 3 nitrogen and oxygen atoms in total. The number of hydrogen-bond donors (Lipinski definition) is 1. The van der Waals surface area contributed by atoms with Gasteiger partial charge in [0.1, 0.15) is 6.61 Å². The molecule has 3 heteroatoms. The summed E-state index contributed by atoms with van der Waals surface area (Å²) in [4.78, 5) is 13.5. The topological polar surface area (TPSA) is 42.1 Å². The van der Waals surface area contributed by atoms with E-state index < -0.39 is 0 Å². The Bertz CT molecular complexity index is 252. The molecule has 1 aliphatic rings. The van der Waals surface area contributed by atoms with Crippen LogP contribution in [0.15, 0.2) is 12.4 Å². The Hall–Kier alpha value is -1.25. The maximum absolute atomic E-state index is 10.7. The van der Waals surface area contributed by atoms with Crippen LogP contribution in [0.25, 0.3) is 0 Å². The van der Waals surface area contributed by atoms with Crippen molar-refractivity contribution in [1.82, 2.24) is 4.98 Å². The second-order valence-corrected chi connectivity index (χ2v) is 1.97. The second-order valence-electron chi connectivity index (χ2n) is 1.97. The lowest BCUT2D eigenvalue weighted by atomic mass is 10.2. The predicted octanol–water partition coefficient (Wildman–Crippen LogP) is 1.71. The van der Waals surface area contributed by atoms with Gasteiger partial charge in [-0.3, -0.25) is 0 Å². The van der Waals surface area contributed by atoms with Crippen LogP contribution in [0.4, 0.5) is 0 Å². The minimum Gasteiger partial charge on any atom is -0.457 e. The van der Waals surface area contributed by atoms with Crippen LogP contribution in [0, 0.1) is 0 Å². The van der Waals surface area contributed by atoms with E-state index in [2.05, 4.69) is 4.98 Å². The Balaban J connectivity index is 0.000000281. The minimum absolute atomic E-state index is 0.216. The van der Waals surface area contributed by atoms with Crippen molar-refractivity contribution in [2.75, 3.05) is 0 Å². The number of hydrogen-bond acceptors (Lipinski definition) is 2. The van der Waals surface area contributed by atoms with Gasteiger partial charge in [0.2, 0.25) is 0 Å². The molecule has 0 fully saturated rings. The van der Waals surface area contributed by atoms with Crippen LogP contribution >= 0.6 is 0 Å². The number of H-pyrrole nitrogens is 1. The lowest BCUT2D eigenvalue weighted by Crippen LogP contribution is -1.91. The van der Waals surface area contributed by atoms with Gasteiger partial charge in [0, 0.05) is 18.0 Å². The van der Waals surface area contributed by atoms with Crippen LogP contribution < -0.4 is 0 Å². The van der Waals surface area contributed by atoms with E-state index in [0.29, 0.717) is 12.2 Å². The number of rotatable bonds is 0. The molecule has 1 N–H and O–H groups in total. The van der Waals surface area contributed by atoms with Crippen molar-refractivity contribution in [3.8, 4) is 0 Å². The number of cyclic esters (lactones) is 1. The lowest BCUT2D eigenvalue weighted by molar-refractivity contribution is 0.0533. The molecule has 1 aliphatic heterocycles. The summed E-state index contributed by atoms with van der Waals surface area (Å²) in [5.41, 5.74) is 1.63. The highest BCUT2D eigenvalue weighted by molar-refractivity contribution is 5.92. The molecule has 0 saturated heterocycles. The van der Waals surface area contributed by atoms with Crippen molar-refractivity contribution in [1.29, 1.82) is 0 Å². The van der Waals surface area contributed by atoms with Gasteiger partial charge in [-0.2, -0.15) is 0 Å². The third-order valence-corrected chi connectivity index (χ3v) is 1.41. The third-order valence-electron chi connectivity index (χ3n) is 1.41. The zero-order chi connectivity index (χ0) is 8.27. The van der Waals surface area contributed by atoms with Gasteiger partial charge in [-0.15, -0.1) is 0 Å². The Labute approximate surface area is 65.4 Å². The van der Waals surface area contributed by atoms with E-state index >= 15 is 0 Å². The molecule has 0 amide bonds. The van der Waals surface area contributed by atoms with E-state index in [-0.39, 0.29) is 5.97 Å². The molecule has 60 valence electrons. The normalized spacial score (nSPS) is 13.1. The SMILES string of the molecule is CC.O=C1OCc2c[nH]cc21. The molecule has 1 aromatic heterocycles. The summed E-state index contributed by atoms with van der Waals surface area (Å²) in [5.74, 6) is -0.216. The average molecular weight is 153 g/mol. The van der Waals surface area contributed by atoms with Crippen LogP contribution in [0.1, 0.15) is 29.8 Å². The molecule has 0 saturated carbocycles. The molecule has 2 heterocycles. The Morgan fingerprint density at radius 3 is 2.82 bits per heavy atom. The van der Waals surface area contributed by atoms with Crippen LogP contribution in [0.3, 0.4) is 0 Å². The minimum atomic E-state index is -0.216. The Morgan fingerprint density at radius 2 is 2.18 bits per heavy atom. The predicted molar refractivity (Wildman–Crippen MR) is 41.3 cm³/mol. The van der Waals surface area contributed by atoms with Crippen LogP contribution in [-0.4, -0.2) is 11.0 Å². The highest BCUT2D eigenvalue weighted by Gasteiger charge is 2.20.